The van der Waals surface area contributed by atoms with E-state index in [1.807, 2.05) is 0 Å². The molecule has 0 spiro atoms. The predicted octanol–water partition coefficient (Wildman–Crippen LogP) is 2.75. The first-order chi connectivity index (χ1) is 12.3. The third-order valence-electron chi connectivity index (χ3n) is 4.63. The highest BCUT2D eigenvalue weighted by Gasteiger charge is 2.51. The molecule has 0 aliphatic carbocycles. The molecule has 1 heterocycles. The van der Waals surface area contributed by atoms with Gasteiger partial charge in [0.2, 0.25) is 15.9 Å². The van der Waals surface area contributed by atoms with E-state index >= 15 is 0 Å². The zero-order valence-electron chi connectivity index (χ0n) is 15.1. The summed E-state index contributed by atoms with van der Waals surface area (Å²) >= 11 is 0. The Morgan fingerprint density at radius 3 is 2.22 bits per heavy atom. The number of carbonyl (C=O) groups is 1. The summed E-state index contributed by atoms with van der Waals surface area (Å²) in [5.41, 5.74) is -3.00. The van der Waals surface area contributed by atoms with Crippen LogP contribution < -0.4 is 5.32 Å². The third-order valence-corrected chi connectivity index (χ3v) is 6.55. The number of nitrogens with zero attached hydrogens (tertiary/aromatic N) is 1. The van der Waals surface area contributed by atoms with E-state index in [0.717, 1.165) is 12.8 Å². The van der Waals surface area contributed by atoms with Gasteiger partial charge in [0.25, 0.3) is 0 Å². The van der Waals surface area contributed by atoms with Crippen molar-refractivity contribution in [1.82, 2.24) is 4.31 Å². The lowest BCUT2D eigenvalue weighted by molar-refractivity contribution is -0.252. The monoisotopic (exact) mass is 408 g/mol. The molecule has 152 valence electrons. The minimum absolute atomic E-state index is 0.0531. The first-order valence-electron chi connectivity index (χ1n) is 8.52. The van der Waals surface area contributed by atoms with Gasteiger partial charge in [-0.1, -0.05) is 6.92 Å². The molecule has 0 radical (unpaired) electrons. The number of sulfonamides is 1. The van der Waals surface area contributed by atoms with E-state index in [4.69, 9.17) is 0 Å². The molecular weight excluding hydrogens is 385 g/mol. The molecule has 0 bridgehead atoms. The van der Waals surface area contributed by atoms with Crippen molar-refractivity contribution in [3.63, 3.8) is 0 Å². The van der Waals surface area contributed by atoms with Crippen LogP contribution in [0, 0.1) is 5.92 Å². The van der Waals surface area contributed by atoms with Crippen LogP contribution in [0.5, 0.6) is 0 Å². The van der Waals surface area contributed by atoms with E-state index in [2.05, 4.69) is 12.2 Å². The topological polar surface area (TPSA) is 86.7 Å². The molecule has 1 aliphatic rings. The summed E-state index contributed by atoms with van der Waals surface area (Å²) in [7, 11) is -3.65. The summed E-state index contributed by atoms with van der Waals surface area (Å²) in [4.78, 5) is 11.8. The van der Waals surface area contributed by atoms with E-state index in [0.29, 0.717) is 25.9 Å². The average molecular weight is 408 g/mol. The number of rotatable bonds is 5. The normalized spacial score (nSPS) is 19.5. The van der Waals surface area contributed by atoms with Gasteiger partial charge in [-0.3, -0.25) is 4.79 Å². The highest BCUT2D eigenvalue weighted by atomic mass is 32.2. The second-order valence-electron chi connectivity index (χ2n) is 7.11. The van der Waals surface area contributed by atoms with Gasteiger partial charge in [0.05, 0.1) is 11.3 Å². The number of carbonyl (C=O) groups excluding carboxylic acids is 1. The van der Waals surface area contributed by atoms with Crippen molar-refractivity contribution < 1.29 is 31.5 Å². The minimum atomic E-state index is -4.94. The number of amides is 1. The maximum absolute atomic E-state index is 12.6. The lowest BCUT2D eigenvalue weighted by Crippen LogP contribution is -2.44. The molecule has 6 nitrogen and oxygen atoms in total. The van der Waals surface area contributed by atoms with Crippen molar-refractivity contribution in [2.24, 2.45) is 5.92 Å². The second kappa shape index (κ2) is 7.76. The fraction of sp³-hybridized carbons (Fsp3) is 0.588. The predicted molar refractivity (Wildman–Crippen MR) is 93.5 cm³/mol. The lowest BCUT2D eigenvalue weighted by Gasteiger charge is -2.29. The fourth-order valence-electron chi connectivity index (χ4n) is 2.70. The molecule has 2 rings (SSSR count). The van der Waals surface area contributed by atoms with Crippen LogP contribution in [0.4, 0.5) is 18.9 Å². The van der Waals surface area contributed by atoms with Crippen LogP contribution in [0.2, 0.25) is 0 Å². The molecule has 27 heavy (non-hydrogen) atoms. The molecular formula is C17H23F3N2O4S. The molecule has 2 N–H and O–H groups in total. The van der Waals surface area contributed by atoms with E-state index in [1.54, 1.807) is 0 Å². The van der Waals surface area contributed by atoms with Gasteiger partial charge >= 0.3 is 6.18 Å². The number of nitrogens with one attached hydrogen (secondary N) is 1. The number of benzene rings is 1. The van der Waals surface area contributed by atoms with E-state index < -0.39 is 34.1 Å². The van der Waals surface area contributed by atoms with Crippen LogP contribution in [0.25, 0.3) is 0 Å². The van der Waals surface area contributed by atoms with Gasteiger partial charge in [0, 0.05) is 18.8 Å². The Balaban J connectivity index is 2.04. The summed E-state index contributed by atoms with van der Waals surface area (Å²) in [6.07, 6.45) is -4.53. The first-order valence-corrected chi connectivity index (χ1v) is 9.96. The van der Waals surface area contributed by atoms with Gasteiger partial charge in [-0.05, 0) is 49.9 Å². The summed E-state index contributed by atoms with van der Waals surface area (Å²) in [6, 6.07) is 5.20. The Labute approximate surface area is 156 Å². The van der Waals surface area contributed by atoms with Gasteiger partial charge in [0.15, 0.2) is 5.60 Å². The molecule has 1 aliphatic heterocycles. The van der Waals surface area contributed by atoms with E-state index in [9.17, 15) is 31.5 Å². The molecule has 10 heteroatoms. The van der Waals surface area contributed by atoms with Crippen LogP contribution in [-0.4, -0.2) is 48.6 Å². The Morgan fingerprint density at radius 2 is 1.74 bits per heavy atom. The molecule has 0 aromatic heterocycles. The molecule has 1 atom stereocenters. The summed E-state index contributed by atoms with van der Waals surface area (Å²) < 4.78 is 64.5. The van der Waals surface area contributed by atoms with Crippen LogP contribution in [-0.2, 0) is 14.8 Å². The Bertz CT molecular complexity index is 768. The minimum Gasteiger partial charge on any atom is -0.380 e. The lowest BCUT2D eigenvalue weighted by atomic mass is 10.0. The third kappa shape index (κ3) is 5.20. The molecule has 0 unspecified atom stereocenters. The number of hydrogen-bond acceptors (Lipinski definition) is 4. The molecule has 1 amide bonds. The Hall–Kier alpha value is -1.65. The Kier molecular flexibility index (Phi) is 6.23. The van der Waals surface area contributed by atoms with Gasteiger partial charge in [-0.25, -0.2) is 8.42 Å². The molecule has 1 saturated heterocycles. The zero-order valence-corrected chi connectivity index (χ0v) is 15.9. The quantitative estimate of drug-likeness (QED) is 0.784. The fourth-order valence-corrected chi connectivity index (χ4v) is 4.17. The van der Waals surface area contributed by atoms with Crippen molar-refractivity contribution in [1.29, 1.82) is 0 Å². The van der Waals surface area contributed by atoms with Crippen LogP contribution in [0.15, 0.2) is 29.2 Å². The highest BCUT2D eigenvalue weighted by molar-refractivity contribution is 7.89. The number of alkyl halides is 3. The Morgan fingerprint density at radius 1 is 1.22 bits per heavy atom. The molecule has 1 aromatic carbocycles. The number of halogens is 3. The molecule has 0 saturated carbocycles. The van der Waals surface area contributed by atoms with Crippen molar-refractivity contribution in [3.05, 3.63) is 24.3 Å². The number of aliphatic hydroxyl groups is 1. The van der Waals surface area contributed by atoms with Crippen LogP contribution >= 0.6 is 0 Å². The standard InChI is InChI=1S/C17H23F3N2O4S/c1-12-7-9-22(10-8-12)27(25,26)14-5-3-13(4-6-14)21-15(23)11-16(2,24)17(18,19)20/h3-6,12,24H,7-11H2,1-2H3,(H,21,23)/t16-/m1/s1. The number of hydrogen-bond donors (Lipinski definition) is 2. The second-order valence-corrected chi connectivity index (χ2v) is 9.05. The smallest absolute Gasteiger partial charge is 0.380 e. The zero-order chi connectivity index (χ0) is 20.5. The average Bonchev–Trinajstić information content (AvgIpc) is 2.54. The molecule has 1 aromatic rings. The van der Waals surface area contributed by atoms with Gasteiger partial charge in [-0.2, -0.15) is 17.5 Å². The van der Waals surface area contributed by atoms with Crippen LogP contribution in [0.3, 0.4) is 0 Å². The van der Waals surface area contributed by atoms with E-state index in [1.165, 1.54) is 28.6 Å². The molecule has 1 fully saturated rings. The largest absolute Gasteiger partial charge is 0.417 e. The maximum Gasteiger partial charge on any atom is 0.417 e. The maximum atomic E-state index is 12.6. The van der Waals surface area contributed by atoms with Crippen molar-refractivity contribution in [2.75, 3.05) is 18.4 Å². The number of anilines is 1. The summed E-state index contributed by atoms with van der Waals surface area (Å²) in [6.45, 7) is 3.46. The SMILES string of the molecule is CC1CCN(S(=O)(=O)c2ccc(NC(=O)C[C@@](C)(O)C(F)(F)F)cc2)CC1. The van der Waals surface area contributed by atoms with Crippen molar-refractivity contribution in [2.45, 2.75) is 49.8 Å². The van der Waals surface area contributed by atoms with Gasteiger partial charge < -0.3 is 10.4 Å². The van der Waals surface area contributed by atoms with E-state index in [-0.39, 0.29) is 10.6 Å². The van der Waals surface area contributed by atoms with Crippen molar-refractivity contribution >= 4 is 21.6 Å². The number of piperidine rings is 1. The summed E-state index contributed by atoms with van der Waals surface area (Å²) in [5.74, 6) is -0.555. The first kappa shape index (κ1) is 21.6. The highest BCUT2D eigenvalue weighted by Crippen LogP contribution is 2.33. The van der Waals surface area contributed by atoms with Gasteiger partial charge in [0.1, 0.15) is 0 Å². The van der Waals surface area contributed by atoms with Gasteiger partial charge in [-0.15, -0.1) is 0 Å². The van der Waals surface area contributed by atoms with Crippen molar-refractivity contribution in [3.8, 4) is 0 Å². The summed E-state index contributed by atoms with van der Waals surface area (Å²) in [5, 5.41) is 11.6. The van der Waals surface area contributed by atoms with Crippen LogP contribution in [0.1, 0.15) is 33.1 Å².